The molecule has 1 fully saturated rings. The predicted octanol–water partition coefficient (Wildman–Crippen LogP) is 3.11. The molecular formula is C15H23FN2O. The number of benzene rings is 1. The fourth-order valence-electron chi connectivity index (χ4n) is 2.53. The third-order valence-corrected chi connectivity index (χ3v) is 3.58. The summed E-state index contributed by atoms with van der Waals surface area (Å²) in [6.07, 6.45) is 3.48. The van der Waals surface area contributed by atoms with Gasteiger partial charge in [-0.05, 0) is 43.9 Å². The second-order valence-corrected chi connectivity index (χ2v) is 5.24. The van der Waals surface area contributed by atoms with E-state index in [0.717, 1.165) is 44.6 Å². The van der Waals surface area contributed by atoms with Gasteiger partial charge in [-0.2, -0.15) is 0 Å². The van der Waals surface area contributed by atoms with Crippen LogP contribution in [0.25, 0.3) is 0 Å². The number of ether oxygens (including phenoxy) is 1. The molecule has 0 aromatic heterocycles. The summed E-state index contributed by atoms with van der Waals surface area (Å²) in [6, 6.07) is 3.26. The van der Waals surface area contributed by atoms with Crippen LogP contribution in [0.4, 0.5) is 15.8 Å². The third-order valence-electron chi connectivity index (χ3n) is 3.58. The molecule has 1 aliphatic rings. The Hall–Kier alpha value is -1.29. The number of piperidine rings is 1. The Morgan fingerprint density at radius 3 is 3.00 bits per heavy atom. The fraction of sp³-hybridized carbons (Fsp3) is 0.600. The van der Waals surface area contributed by atoms with Crippen molar-refractivity contribution in [1.82, 2.24) is 0 Å². The monoisotopic (exact) mass is 266 g/mol. The van der Waals surface area contributed by atoms with Gasteiger partial charge >= 0.3 is 0 Å². The summed E-state index contributed by atoms with van der Waals surface area (Å²) in [5, 5.41) is 0. The van der Waals surface area contributed by atoms with Crippen molar-refractivity contribution in [3.63, 3.8) is 0 Å². The summed E-state index contributed by atoms with van der Waals surface area (Å²) in [7, 11) is 0. The molecule has 2 N–H and O–H groups in total. The Labute approximate surface area is 114 Å². The standard InChI is InChI=1S/C15H23FN2O/c1-3-7-19-12-5-4-6-18(10-12)15-8-11(2)13(16)9-14(15)17/h8-9,12H,3-7,10,17H2,1-2H3. The van der Waals surface area contributed by atoms with E-state index < -0.39 is 0 Å². The molecule has 1 heterocycles. The van der Waals surface area contributed by atoms with Gasteiger partial charge in [-0.15, -0.1) is 0 Å². The molecule has 19 heavy (non-hydrogen) atoms. The van der Waals surface area contributed by atoms with Crippen molar-refractivity contribution in [3.8, 4) is 0 Å². The van der Waals surface area contributed by atoms with E-state index in [1.165, 1.54) is 6.07 Å². The van der Waals surface area contributed by atoms with Crippen LogP contribution in [0.5, 0.6) is 0 Å². The molecule has 0 bridgehead atoms. The van der Waals surface area contributed by atoms with Crippen LogP contribution in [0, 0.1) is 12.7 Å². The molecule has 1 aromatic carbocycles. The smallest absolute Gasteiger partial charge is 0.128 e. The summed E-state index contributed by atoms with van der Waals surface area (Å²) in [4.78, 5) is 2.21. The number of nitrogen functional groups attached to an aromatic ring is 1. The highest BCUT2D eigenvalue weighted by Gasteiger charge is 2.22. The summed E-state index contributed by atoms with van der Waals surface area (Å²) >= 11 is 0. The van der Waals surface area contributed by atoms with E-state index in [9.17, 15) is 4.39 Å². The highest BCUT2D eigenvalue weighted by molar-refractivity contribution is 5.69. The molecule has 1 atom stereocenters. The van der Waals surface area contributed by atoms with Crippen LogP contribution >= 0.6 is 0 Å². The van der Waals surface area contributed by atoms with Gasteiger partial charge < -0.3 is 15.4 Å². The maximum atomic E-state index is 13.4. The zero-order valence-corrected chi connectivity index (χ0v) is 11.8. The van der Waals surface area contributed by atoms with Gasteiger partial charge in [0.1, 0.15) is 5.82 Å². The lowest BCUT2D eigenvalue weighted by Crippen LogP contribution is -2.40. The molecule has 0 saturated carbocycles. The maximum absolute atomic E-state index is 13.4. The van der Waals surface area contributed by atoms with E-state index in [4.69, 9.17) is 10.5 Å². The first-order chi connectivity index (χ1) is 9.11. The van der Waals surface area contributed by atoms with E-state index >= 15 is 0 Å². The highest BCUT2D eigenvalue weighted by atomic mass is 19.1. The van der Waals surface area contributed by atoms with Crippen molar-refractivity contribution in [3.05, 3.63) is 23.5 Å². The number of aryl methyl sites for hydroxylation is 1. The van der Waals surface area contributed by atoms with Crippen molar-refractivity contribution in [1.29, 1.82) is 0 Å². The van der Waals surface area contributed by atoms with Gasteiger partial charge in [-0.3, -0.25) is 0 Å². The van der Waals surface area contributed by atoms with Gasteiger partial charge in [0.15, 0.2) is 0 Å². The lowest BCUT2D eigenvalue weighted by atomic mass is 10.1. The number of nitrogens with zero attached hydrogens (tertiary/aromatic N) is 1. The average Bonchev–Trinajstić information content (AvgIpc) is 2.41. The van der Waals surface area contributed by atoms with Crippen molar-refractivity contribution in [2.24, 2.45) is 0 Å². The molecule has 1 unspecified atom stereocenters. The molecule has 0 amide bonds. The molecule has 3 nitrogen and oxygen atoms in total. The quantitative estimate of drug-likeness (QED) is 0.851. The van der Waals surface area contributed by atoms with Crippen LogP contribution in [0.15, 0.2) is 12.1 Å². The molecule has 2 rings (SSSR count). The maximum Gasteiger partial charge on any atom is 0.128 e. The molecule has 1 aromatic rings. The Kier molecular flexibility index (Phi) is 4.64. The van der Waals surface area contributed by atoms with Crippen LogP contribution in [0.2, 0.25) is 0 Å². The van der Waals surface area contributed by atoms with Crippen LogP contribution < -0.4 is 10.6 Å². The molecule has 0 aliphatic carbocycles. The summed E-state index contributed by atoms with van der Waals surface area (Å²) in [5.41, 5.74) is 8.03. The normalized spacial score (nSPS) is 19.7. The second-order valence-electron chi connectivity index (χ2n) is 5.24. The van der Waals surface area contributed by atoms with Gasteiger partial charge in [0.05, 0.1) is 17.5 Å². The van der Waals surface area contributed by atoms with Gasteiger partial charge in [0.25, 0.3) is 0 Å². The lowest BCUT2D eigenvalue weighted by Gasteiger charge is -2.35. The lowest BCUT2D eigenvalue weighted by molar-refractivity contribution is 0.0441. The predicted molar refractivity (Wildman–Crippen MR) is 77.0 cm³/mol. The van der Waals surface area contributed by atoms with E-state index in [1.807, 2.05) is 6.07 Å². The van der Waals surface area contributed by atoms with E-state index in [0.29, 0.717) is 11.3 Å². The summed E-state index contributed by atoms with van der Waals surface area (Å²) in [6.45, 7) is 6.49. The van der Waals surface area contributed by atoms with Gasteiger partial charge in [0.2, 0.25) is 0 Å². The van der Waals surface area contributed by atoms with Crippen molar-refractivity contribution in [2.45, 2.75) is 39.2 Å². The molecule has 106 valence electrons. The van der Waals surface area contributed by atoms with Gasteiger partial charge in [0, 0.05) is 19.7 Å². The van der Waals surface area contributed by atoms with Crippen molar-refractivity contribution >= 4 is 11.4 Å². The first kappa shape index (κ1) is 14.1. The minimum Gasteiger partial charge on any atom is -0.397 e. The number of hydrogen-bond acceptors (Lipinski definition) is 3. The Morgan fingerprint density at radius 2 is 2.26 bits per heavy atom. The molecule has 1 saturated heterocycles. The average molecular weight is 266 g/mol. The summed E-state index contributed by atoms with van der Waals surface area (Å²) in [5.74, 6) is -0.239. The first-order valence-electron chi connectivity index (χ1n) is 7.04. The Balaban J connectivity index is 2.10. The van der Waals surface area contributed by atoms with E-state index in [1.54, 1.807) is 6.92 Å². The molecule has 4 heteroatoms. The van der Waals surface area contributed by atoms with Gasteiger partial charge in [-0.25, -0.2) is 4.39 Å². The summed E-state index contributed by atoms with van der Waals surface area (Å²) < 4.78 is 19.3. The van der Waals surface area contributed by atoms with Gasteiger partial charge in [-0.1, -0.05) is 6.92 Å². The van der Waals surface area contributed by atoms with E-state index in [-0.39, 0.29) is 11.9 Å². The number of nitrogens with two attached hydrogens (primary N) is 1. The number of rotatable bonds is 4. The SMILES string of the molecule is CCCOC1CCCN(c2cc(C)c(F)cc2N)C1. The Morgan fingerprint density at radius 1 is 1.47 bits per heavy atom. The molecular weight excluding hydrogens is 243 g/mol. The minimum atomic E-state index is -0.239. The van der Waals surface area contributed by atoms with Crippen LogP contribution in [-0.2, 0) is 4.74 Å². The van der Waals surface area contributed by atoms with Crippen LogP contribution in [0.3, 0.4) is 0 Å². The third kappa shape index (κ3) is 3.38. The molecule has 1 aliphatic heterocycles. The first-order valence-corrected chi connectivity index (χ1v) is 7.04. The second kappa shape index (κ2) is 6.24. The largest absolute Gasteiger partial charge is 0.397 e. The topological polar surface area (TPSA) is 38.5 Å². The minimum absolute atomic E-state index is 0.239. The fourth-order valence-corrected chi connectivity index (χ4v) is 2.53. The zero-order chi connectivity index (χ0) is 13.8. The molecule has 0 radical (unpaired) electrons. The van der Waals surface area contributed by atoms with Crippen molar-refractivity contribution < 1.29 is 9.13 Å². The van der Waals surface area contributed by atoms with Crippen LogP contribution in [0.1, 0.15) is 31.7 Å². The zero-order valence-electron chi connectivity index (χ0n) is 11.8. The number of anilines is 2. The Bertz CT molecular complexity index is 436. The number of halogens is 1. The highest BCUT2D eigenvalue weighted by Crippen LogP contribution is 2.29. The molecule has 0 spiro atoms. The van der Waals surface area contributed by atoms with E-state index in [2.05, 4.69) is 11.8 Å². The number of hydrogen-bond donors (Lipinski definition) is 1. The van der Waals surface area contributed by atoms with Crippen LogP contribution in [-0.4, -0.2) is 25.8 Å². The van der Waals surface area contributed by atoms with Crippen molar-refractivity contribution in [2.75, 3.05) is 30.3 Å².